The van der Waals surface area contributed by atoms with Gasteiger partial charge in [-0.3, -0.25) is 0 Å². The van der Waals surface area contributed by atoms with E-state index in [9.17, 15) is 4.39 Å². The summed E-state index contributed by atoms with van der Waals surface area (Å²) in [5.41, 5.74) is 0. The molecule has 0 aliphatic carbocycles. The van der Waals surface area contributed by atoms with E-state index in [0.717, 1.165) is 5.03 Å². The third-order valence-corrected chi connectivity index (χ3v) is 2.76. The third kappa shape index (κ3) is 2.45. The van der Waals surface area contributed by atoms with Crippen molar-refractivity contribution in [3.8, 4) is 0 Å². The number of halogens is 2. The maximum atomic E-state index is 12.7. The molecule has 1 rings (SSSR count). The molecule has 4 heteroatoms. The Kier molecular flexibility index (Phi) is 2.90. The molecule has 1 aromatic rings. The van der Waals surface area contributed by atoms with E-state index in [1.54, 1.807) is 0 Å². The van der Waals surface area contributed by atoms with Crippen molar-refractivity contribution in [1.82, 2.24) is 4.98 Å². The maximum absolute atomic E-state index is 12.7. The number of thiol groups is 1. The molecule has 62 valence electrons. The fourth-order valence-electron chi connectivity index (χ4n) is 0.682. The van der Waals surface area contributed by atoms with E-state index >= 15 is 0 Å². The van der Waals surface area contributed by atoms with E-state index in [1.807, 2.05) is 12.5 Å². The highest BCUT2D eigenvalue weighted by Crippen LogP contribution is 2.27. The molecule has 0 aliphatic heterocycles. The first-order valence-corrected chi connectivity index (χ1v) is 6.13. The standard InChI is InChI=1S/C7H9BrFNS/c1-11(2)7-4-5(9)3-6(8)10-7/h3-4,11H,1-2H3. The number of pyridine rings is 1. The van der Waals surface area contributed by atoms with Crippen molar-refractivity contribution < 1.29 is 4.39 Å². The van der Waals surface area contributed by atoms with Crippen LogP contribution in [0.2, 0.25) is 0 Å². The Bertz CT molecular complexity index is 244. The molecule has 0 N–H and O–H groups in total. The first-order chi connectivity index (χ1) is 5.09. The Hall–Kier alpha value is -0.0900. The minimum Gasteiger partial charge on any atom is -0.236 e. The molecule has 0 spiro atoms. The Labute approximate surface area is 76.5 Å². The van der Waals surface area contributed by atoms with Crippen molar-refractivity contribution in [3.63, 3.8) is 0 Å². The summed E-state index contributed by atoms with van der Waals surface area (Å²) < 4.78 is 13.3. The summed E-state index contributed by atoms with van der Waals surface area (Å²) in [5, 5.41) is 0.840. The summed E-state index contributed by atoms with van der Waals surface area (Å²) in [6.07, 6.45) is 4.09. The predicted molar refractivity (Wildman–Crippen MR) is 51.0 cm³/mol. The van der Waals surface area contributed by atoms with Crippen LogP contribution in [0.3, 0.4) is 0 Å². The molecule has 1 heterocycles. The van der Waals surface area contributed by atoms with E-state index in [4.69, 9.17) is 0 Å². The van der Waals surface area contributed by atoms with Gasteiger partial charge in [0.2, 0.25) is 0 Å². The first kappa shape index (κ1) is 9.00. The summed E-state index contributed by atoms with van der Waals surface area (Å²) in [4.78, 5) is 4.14. The van der Waals surface area contributed by atoms with Gasteiger partial charge >= 0.3 is 0 Å². The SMILES string of the molecule is C[SH](C)c1cc(F)cc(Br)n1. The zero-order valence-electron chi connectivity index (χ0n) is 6.31. The van der Waals surface area contributed by atoms with Gasteiger partial charge in [-0.25, -0.2) is 20.3 Å². The fourth-order valence-corrected chi connectivity index (χ4v) is 1.92. The third-order valence-electron chi connectivity index (χ3n) is 1.20. The molecule has 0 aliphatic rings. The Morgan fingerprint density at radius 2 is 2.09 bits per heavy atom. The first-order valence-electron chi connectivity index (χ1n) is 3.10. The van der Waals surface area contributed by atoms with Crippen LogP contribution < -0.4 is 0 Å². The molecule has 1 aromatic heterocycles. The highest BCUT2D eigenvalue weighted by atomic mass is 79.9. The lowest BCUT2D eigenvalue weighted by molar-refractivity contribution is 0.618. The van der Waals surface area contributed by atoms with Crippen LogP contribution in [0.4, 0.5) is 4.39 Å². The number of rotatable bonds is 1. The summed E-state index contributed by atoms with van der Waals surface area (Å²) >= 11 is 3.14. The monoisotopic (exact) mass is 237 g/mol. The zero-order chi connectivity index (χ0) is 8.43. The van der Waals surface area contributed by atoms with Gasteiger partial charge in [-0.1, -0.05) is 0 Å². The molecule has 0 unspecified atom stereocenters. The van der Waals surface area contributed by atoms with Crippen molar-refractivity contribution >= 4 is 26.8 Å². The molecule has 11 heavy (non-hydrogen) atoms. The summed E-state index contributed by atoms with van der Waals surface area (Å²) in [7, 11) is -0.309. The molecule has 1 nitrogen and oxygen atoms in total. The van der Waals surface area contributed by atoms with Gasteiger partial charge in [0.25, 0.3) is 0 Å². The highest BCUT2D eigenvalue weighted by molar-refractivity contribution is 9.10. The van der Waals surface area contributed by atoms with Crippen molar-refractivity contribution in [2.24, 2.45) is 0 Å². The molecule has 0 atom stereocenters. The molecule has 0 aromatic carbocycles. The number of hydrogen-bond donors (Lipinski definition) is 1. The molecule has 0 radical (unpaired) electrons. The normalized spacial score (nSPS) is 11.5. The Morgan fingerprint density at radius 3 is 2.55 bits per heavy atom. The van der Waals surface area contributed by atoms with Crippen molar-refractivity contribution in [2.75, 3.05) is 12.5 Å². The van der Waals surface area contributed by atoms with Crippen LogP contribution in [0.15, 0.2) is 21.8 Å². The highest BCUT2D eigenvalue weighted by Gasteiger charge is 2.01. The van der Waals surface area contributed by atoms with Gasteiger partial charge in [0.15, 0.2) is 0 Å². The molecule has 0 bridgehead atoms. The van der Waals surface area contributed by atoms with Gasteiger partial charge in [-0.05, 0) is 28.4 Å². The molecular weight excluding hydrogens is 229 g/mol. The van der Waals surface area contributed by atoms with Crippen LogP contribution in [0.5, 0.6) is 0 Å². The smallest absolute Gasteiger partial charge is 0.128 e. The second kappa shape index (κ2) is 3.54. The van der Waals surface area contributed by atoms with Crippen molar-refractivity contribution in [2.45, 2.75) is 5.03 Å². The maximum Gasteiger partial charge on any atom is 0.128 e. The lowest BCUT2D eigenvalue weighted by Crippen LogP contribution is -1.87. The largest absolute Gasteiger partial charge is 0.236 e. The zero-order valence-corrected chi connectivity index (χ0v) is 8.79. The van der Waals surface area contributed by atoms with Crippen LogP contribution in [0.1, 0.15) is 0 Å². The molecule has 0 saturated carbocycles. The minimum atomic E-state index is -0.309. The quantitative estimate of drug-likeness (QED) is 0.586. The van der Waals surface area contributed by atoms with Gasteiger partial charge in [0.05, 0.1) is 5.03 Å². The number of hydrogen-bond acceptors (Lipinski definition) is 1. The fraction of sp³-hybridized carbons (Fsp3) is 0.286. The van der Waals surface area contributed by atoms with E-state index in [-0.39, 0.29) is 16.7 Å². The molecular formula is C7H9BrFNS. The Balaban J connectivity index is 3.08. The minimum absolute atomic E-state index is 0.224. The Morgan fingerprint density at radius 1 is 1.45 bits per heavy atom. The lowest BCUT2D eigenvalue weighted by Gasteiger charge is -2.07. The van der Waals surface area contributed by atoms with Crippen LogP contribution in [0.25, 0.3) is 0 Å². The average Bonchev–Trinajstić information content (AvgIpc) is 1.85. The van der Waals surface area contributed by atoms with E-state index in [0.29, 0.717) is 4.60 Å². The summed E-state index contributed by atoms with van der Waals surface area (Å²) in [6, 6.07) is 2.85. The van der Waals surface area contributed by atoms with Crippen molar-refractivity contribution in [3.05, 3.63) is 22.6 Å². The van der Waals surface area contributed by atoms with Gasteiger partial charge in [0.1, 0.15) is 10.4 Å². The van der Waals surface area contributed by atoms with E-state index in [1.165, 1.54) is 12.1 Å². The van der Waals surface area contributed by atoms with Crippen molar-refractivity contribution in [1.29, 1.82) is 0 Å². The van der Waals surface area contributed by atoms with Gasteiger partial charge in [-0.2, -0.15) is 0 Å². The van der Waals surface area contributed by atoms with Gasteiger partial charge in [0, 0.05) is 12.1 Å². The van der Waals surface area contributed by atoms with Gasteiger partial charge in [-0.15, -0.1) is 0 Å². The second-order valence-corrected chi connectivity index (χ2v) is 5.42. The predicted octanol–water partition coefficient (Wildman–Crippen LogP) is 2.60. The number of aromatic nitrogens is 1. The van der Waals surface area contributed by atoms with Crippen LogP contribution in [-0.4, -0.2) is 17.5 Å². The van der Waals surface area contributed by atoms with Gasteiger partial charge < -0.3 is 0 Å². The molecule has 0 saturated heterocycles. The molecule has 0 fully saturated rings. The summed E-state index contributed by atoms with van der Waals surface area (Å²) in [6.45, 7) is 0. The summed E-state index contributed by atoms with van der Waals surface area (Å²) in [5.74, 6) is -0.224. The lowest BCUT2D eigenvalue weighted by atomic mass is 10.5. The van der Waals surface area contributed by atoms with E-state index < -0.39 is 0 Å². The van der Waals surface area contributed by atoms with E-state index in [2.05, 4.69) is 20.9 Å². The topological polar surface area (TPSA) is 12.9 Å². The van der Waals surface area contributed by atoms with Crippen LogP contribution in [-0.2, 0) is 0 Å². The molecule has 0 amide bonds. The van der Waals surface area contributed by atoms with Crippen LogP contribution in [0, 0.1) is 5.82 Å². The van der Waals surface area contributed by atoms with Crippen LogP contribution >= 0.6 is 26.8 Å². The average molecular weight is 238 g/mol. The number of nitrogens with zero attached hydrogens (tertiary/aromatic N) is 1. The second-order valence-electron chi connectivity index (χ2n) is 2.36.